The normalized spacial score (nSPS) is 21.0. The lowest BCUT2D eigenvalue weighted by Gasteiger charge is -2.36. The molecular formula is C22H42O3. The Morgan fingerprint density at radius 2 is 1.36 bits per heavy atom. The molecule has 0 radical (unpaired) electrons. The highest BCUT2D eigenvalue weighted by atomic mass is 16.6. The van der Waals surface area contributed by atoms with Crippen LogP contribution in [-0.2, 0) is 9.53 Å². The Labute approximate surface area is 155 Å². The van der Waals surface area contributed by atoms with E-state index >= 15 is 0 Å². The zero-order valence-corrected chi connectivity index (χ0v) is 16.8. The van der Waals surface area contributed by atoms with Gasteiger partial charge in [0.1, 0.15) is 6.10 Å². The summed E-state index contributed by atoms with van der Waals surface area (Å²) in [7, 11) is 0. The summed E-state index contributed by atoms with van der Waals surface area (Å²) in [5.74, 6) is 0.0120. The number of cyclic esters (lactones) is 1. The van der Waals surface area contributed by atoms with Gasteiger partial charge in [-0.15, -0.1) is 0 Å². The Bertz CT molecular complexity index is 329. The molecule has 3 heteroatoms. The molecule has 1 aliphatic heterocycles. The van der Waals surface area contributed by atoms with Crippen LogP contribution in [0, 0.1) is 5.92 Å². The minimum Gasteiger partial charge on any atom is -0.461 e. The summed E-state index contributed by atoms with van der Waals surface area (Å²) in [4.78, 5) is 11.7. The van der Waals surface area contributed by atoms with E-state index in [9.17, 15) is 9.90 Å². The van der Waals surface area contributed by atoms with Crippen molar-refractivity contribution in [3.8, 4) is 0 Å². The van der Waals surface area contributed by atoms with E-state index in [1.54, 1.807) is 0 Å². The van der Waals surface area contributed by atoms with Gasteiger partial charge in [0.05, 0.1) is 12.0 Å². The van der Waals surface area contributed by atoms with E-state index in [0.29, 0.717) is 6.42 Å². The lowest BCUT2D eigenvalue weighted by Crippen LogP contribution is -2.46. The molecule has 0 spiro atoms. The molecule has 1 rings (SSSR count). The number of aliphatic hydroxyl groups is 1. The molecule has 3 atom stereocenters. The van der Waals surface area contributed by atoms with Gasteiger partial charge in [-0.25, -0.2) is 0 Å². The van der Waals surface area contributed by atoms with Gasteiger partial charge in [-0.05, 0) is 12.8 Å². The van der Waals surface area contributed by atoms with Crippen molar-refractivity contribution in [2.75, 3.05) is 0 Å². The van der Waals surface area contributed by atoms with Crippen LogP contribution in [0.4, 0.5) is 0 Å². The molecule has 0 amide bonds. The van der Waals surface area contributed by atoms with Gasteiger partial charge in [0.15, 0.2) is 0 Å². The fourth-order valence-electron chi connectivity index (χ4n) is 3.78. The minimum absolute atomic E-state index is 0.0253. The highest BCUT2D eigenvalue weighted by Crippen LogP contribution is 2.31. The molecule has 148 valence electrons. The number of esters is 1. The van der Waals surface area contributed by atoms with Crippen molar-refractivity contribution in [3.63, 3.8) is 0 Å². The van der Waals surface area contributed by atoms with E-state index in [2.05, 4.69) is 13.8 Å². The summed E-state index contributed by atoms with van der Waals surface area (Å²) < 4.78 is 5.29. The second kappa shape index (κ2) is 14.6. The molecule has 0 bridgehead atoms. The predicted octanol–water partition coefficient (Wildman–Crippen LogP) is 6.17. The van der Waals surface area contributed by atoms with E-state index < -0.39 is 0 Å². The fourth-order valence-corrected chi connectivity index (χ4v) is 3.78. The van der Waals surface area contributed by atoms with Crippen LogP contribution in [0.15, 0.2) is 0 Å². The summed E-state index contributed by atoms with van der Waals surface area (Å²) in [6.45, 7) is 4.46. The van der Waals surface area contributed by atoms with Crippen LogP contribution in [-0.4, -0.2) is 23.3 Å². The van der Waals surface area contributed by atoms with Gasteiger partial charge in [0, 0.05) is 6.42 Å². The number of hydrogen-bond donors (Lipinski definition) is 1. The number of aliphatic hydroxyl groups excluding tert-OH is 1. The van der Waals surface area contributed by atoms with Crippen LogP contribution >= 0.6 is 0 Å². The van der Waals surface area contributed by atoms with Crippen molar-refractivity contribution in [2.24, 2.45) is 5.92 Å². The first-order valence-electron chi connectivity index (χ1n) is 11.1. The smallest absolute Gasteiger partial charge is 0.313 e. The molecule has 0 unspecified atom stereocenters. The van der Waals surface area contributed by atoms with Crippen LogP contribution in [0.5, 0.6) is 0 Å². The van der Waals surface area contributed by atoms with Crippen molar-refractivity contribution in [1.82, 2.24) is 0 Å². The van der Waals surface area contributed by atoms with E-state index in [-0.39, 0.29) is 24.1 Å². The van der Waals surface area contributed by atoms with E-state index in [4.69, 9.17) is 4.74 Å². The lowest BCUT2D eigenvalue weighted by atomic mass is 9.86. The molecule has 3 nitrogen and oxygen atoms in total. The standard InChI is InChI=1S/C22H42O3/c1-3-5-7-9-10-11-13-15-17-20-21(25-22(20)24)18-19(23)16-14-12-8-6-4-2/h19-21,23H,3-18H2,1-2H3/t19-,20+,21-/m0/s1. The second-order valence-electron chi connectivity index (χ2n) is 7.94. The Balaban J connectivity index is 2.03. The summed E-state index contributed by atoms with van der Waals surface area (Å²) in [6.07, 6.45) is 18.5. The number of carbonyl (C=O) groups is 1. The number of rotatable bonds is 17. The topological polar surface area (TPSA) is 46.5 Å². The summed E-state index contributed by atoms with van der Waals surface area (Å²) in [6, 6.07) is 0. The van der Waals surface area contributed by atoms with Crippen LogP contribution in [0.1, 0.15) is 117 Å². The van der Waals surface area contributed by atoms with Gasteiger partial charge in [-0.3, -0.25) is 4.79 Å². The lowest BCUT2D eigenvalue weighted by molar-refractivity contribution is -0.188. The Morgan fingerprint density at radius 3 is 1.92 bits per heavy atom. The molecule has 0 saturated carbocycles. The maximum atomic E-state index is 11.7. The average Bonchev–Trinajstić information content (AvgIpc) is 2.59. The number of ether oxygens (including phenoxy) is 1. The van der Waals surface area contributed by atoms with Gasteiger partial charge in [0.25, 0.3) is 0 Å². The first kappa shape index (κ1) is 22.5. The van der Waals surface area contributed by atoms with E-state index in [1.807, 2.05) is 0 Å². The molecular weight excluding hydrogens is 312 g/mol. The largest absolute Gasteiger partial charge is 0.461 e. The second-order valence-corrected chi connectivity index (χ2v) is 7.94. The maximum absolute atomic E-state index is 11.7. The van der Waals surface area contributed by atoms with Crippen molar-refractivity contribution < 1.29 is 14.6 Å². The number of unbranched alkanes of at least 4 members (excludes halogenated alkanes) is 11. The quantitative estimate of drug-likeness (QED) is 0.251. The molecule has 0 aliphatic carbocycles. The van der Waals surface area contributed by atoms with E-state index in [0.717, 1.165) is 25.7 Å². The van der Waals surface area contributed by atoms with Gasteiger partial charge >= 0.3 is 5.97 Å². The summed E-state index contributed by atoms with van der Waals surface area (Å²) >= 11 is 0. The zero-order valence-electron chi connectivity index (χ0n) is 16.8. The van der Waals surface area contributed by atoms with E-state index in [1.165, 1.54) is 70.6 Å². The molecule has 0 aromatic carbocycles. The third-order valence-electron chi connectivity index (χ3n) is 5.53. The van der Waals surface area contributed by atoms with Gasteiger partial charge < -0.3 is 9.84 Å². The SMILES string of the molecule is CCCCCCCCCC[C@H]1C(=O)O[C@H]1C[C@@H](O)CCCCCCC. The van der Waals surface area contributed by atoms with Crippen LogP contribution in [0.3, 0.4) is 0 Å². The van der Waals surface area contributed by atoms with Crippen LogP contribution in [0.2, 0.25) is 0 Å². The summed E-state index contributed by atoms with van der Waals surface area (Å²) in [5, 5.41) is 10.2. The maximum Gasteiger partial charge on any atom is 0.313 e. The first-order chi connectivity index (χ1) is 12.2. The van der Waals surface area contributed by atoms with Crippen molar-refractivity contribution >= 4 is 5.97 Å². The molecule has 1 aliphatic rings. The number of carbonyl (C=O) groups excluding carboxylic acids is 1. The van der Waals surface area contributed by atoms with Crippen molar-refractivity contribution in [3.05, 3.63) is 0 Å². The van der Waals surface area contributed by atoms with Crippen LogP contribution in [0.25, 0.3) is 0 Å². The fraction of sp³-hybridized carbons (Fsp3) is 0.955. The molecule has 1 saturated heterocycles. The highest BCUT2D eigenvalue weighted by molar-refractivity contribution is 5.78. The molecule has 1 heterocycles. The van der Waals surface area contributed by atoms with Crippen LogP contribution < -0.4 is 0 Å². The zero-order chi connectivity index (χ0) is 18.3. The molecule has 0 aromatic heterocycles. The van der Waals surface area contributed by atoms with Gasteiger partial charge in [-0.1, -0.05) is 97.3 Å². The number of hydrogen-bond acceptors (Lipinski definition) is 3. The average molecular weight is 355 g/mol. The molecule has 25 heavy (non-hydrogen) atoms. The molecule has 1 N–H and O–H groups in total. The monoisotopic (exact) mass is 354 g/mol. The Kier molecular flexibility index (Phi) is 13.1. The minimum atomic E-state index is -0.305. The Morgan fingerprint density at radius 1 is 0.840 bits per heavy atom. The molecule has 0 aromatic rings. The molecule has 1 fully saturated rings. The predicted molar refractivity (Wildman–Crippen MR) is 105 cm³/mol. The van der Waals surface area contributed by atoms with Gasteiger partial charge in [0.2, 0.25) is 0 Å². The third-order valence-corrected chi connectivity index (χ3v) is 5.53. The Hall–Kier alpha value is -0.570. The summed E-state index contributed by atoms with van der Waals surface area (Å²) in [5.41, 5.74) is 0. The third kappa shape index (κ3) is 10.2. The van der Waals surface area contributed by atoms with Crippen molar-refractivity contribution in [1.29, 1.82) is 0 Å². The van der Waals surface area contributed by atoms with Crippen molar-refractivity contribution in [2.45, 2.75) is 129 Å². The highest BCUT2D eigenvalue weighted by Gasteiger charge is 2.42. The first-order valence-corrected chi connectivity index (χ1v) is 11.1. The van der Waals surface area contributed by atoms with Gasteiger partial charge in [-0.2, -0.15) is 0 Å².